The van der Waals surface area contributed by atoms with E-state index in [2.05, 4.69) is 11.0 Å². The molecule has 1 aliphatic carbocycles. The third-order valence-electron chi connectivity index (χ3n) is 2.95. The molecule has 2 rings (SSSR count). The van der Waals surface area contributed by atoms with Gasteiger partial charge in [-0.2, -0.15) is 0 Å². The molecule has 1 atom stereocenters. The lowest BCUT2D eigenvalue weighted by Gasteiger charge is -2.26. The van der Waals surface area contributed by atoms with Crippen LogP contribution in [0, 0.1) is 0 Å². The Kier molecular flexibility index (Phi) is 4.36. The van der Waals surface area contributed by atoms with Crippen LogP contribution in [0.3, 0.4) is 0 Å². The van der Waals surface area contributed by atoms with Crippen molar-refractivity contribution in [3.05, 3.63) is 12.2 Å². The molecule has 0 aromatic heterocycles. The molecular weight excluding hydrogens is 206 g/mol. The van der Waals surface area contributed by atoms with Crippen molar-refractivity contribution in [2.75, 3.05) is 32.8 Å². The second-order valence-corrected chi connectivity index (χ2v) is 4.28. The lowest BCUT2D eigenvalue weighted by molar-refractivity contribution is -0.149. The number of nitrogens with zero attached hydrogens (tertiary/aromatic N) is 1. The quantitative estimate of drug-likeness (QED) is 0.530. The highest BCUT2D eigenvalue weighted by Gasteiger charge is 2.18. The predicted octanol–water partition coefficient (Wildman–Crippen LogP) is 0.970. The molecule has 2 aliphatic rings. The number of morpholine rings is 1. The number of ether oxygens (including phenoxy) is 2. The van der Waals surface area contributed by atoms with E-state index < -0.39 is 0 Å². The summed E-state index contributed by atoms with van der Waals surface area (Å²) in [5.41, 5.74) is 0. The van der Waals surface area contributed by atoms with E-state index in [0.717, 1.165) is 45.6 Å². The number of esters is 1. The molecule has 0 spiro atoms. The van der Waals surface area contributed by atoms with E-state index in [1.807, 2.05) is 6.08 Å². The first-order valence-electron chi connectivity index (χ1n) is 6.01. The van der Waals surface area contributed by atoms with Gasteiger partial charge in [-0.1, -0.05) is 6.08 Å². The fourth-order valence-electron chi connectivity index (χ4n) is 2.03. The Labute approximate surface area is 96.2 Å². The summed E-state index contributed by atoms with van der Waals surface area (Å²) in [6.07, 6.45) is 7.29. The molecule has 0 radical (unpaired) electrons. The van der Waals surface area contributed by atoms with Gasteiger partial charge in [0.2, 0.25) is 0 Å². The maximum absolute atomic E-state index is 11.6. The largest absolute Gasteiger partial charge is 0.457 e. The van der Waals surface area contributed by atoms with Crippen LogP contribution in [0.2, 0.25) is 0 Å². The van der Waals surface area contributed by atoms with Gasteiger partial charge in [-0.15, -0.1) is 0 Å². The fraction of sp³-hybridized carbons (Fsp3) is 0.750. The Hall–Kier alpha value is -0.870. The first-order chi connectivity index (χ1) is 7.84. The second kappa shape index (κ2) is 6.01. The summed E-state index contributed by atoms with van der Waals surface area (Å²) in [5.74, 6) is -0.113. The molecule has 1 unspecified atom stereocenters. The average molecular weight is 225 g/mol. The number of allylic oxidation sites excluding steroid dienone is 1. The smallest absolute Gasteiger partial charge is 0.320 e. The summed E-state index contributed by atoms with van der Waals surface area (Å²) < 4.78 is 10.6. The van der Waals surface area contributed by atoms with Gasteiger partial charge in [-0.05, 0) is 25.3 Å². The Morgan fingerprint density at radius 1 is 1.44 bits per heavy atom. The molecule has 0 amide bonds. The van der Waals surface area contributed by atoms with Gasteiger partial charge < -0.3 is 9.47 Å². The third-order valence-corrected chi connectivity index (χ3v) is 2.95. The van der Waals surface area contributed by atoms with Gasteiger partial charge in [0.15, 0.2) is 0 Å². The zero-order chi connectivity index (χ0) is 11.2. The fourth-order valence-corrected chi connectivity index (χ4v) is 2.03. The molecule has 1 aliphatic heterocycles. The zero-order valence-corrected chi connectivity index (χ0v) is 9.56. The Balaban J connectivity index is 1.70. The van der Waals surface area contributed by atoms with Crippen LogP contribution in [0.25, 0.3) is 0 Å². The molecule has 1 saturated heterocycles. The van der Waals surface area contributed by atoms with Crippen LogP contribution in [0.15, 0.2) is 12.2 Å². The first-order valence-corrected chi connectivity index (χ1v) is 6.01. The third kappa shape index (κ3) is 3.61. The molecule has 0 saturated carbocycles. The van der Waals surface area contributed by atoms with Crippen LogP contribution in [0.4, 0.5) is 0 Å². The summed E-state index contributed by atoms with van der Waals surface area (Å²) in [4.78, 5) is 13.7. The summed E-state index contributed by atoms with van der Waals surface area (Å²) in [6.45, 7) is 3.49. The molecular formula is C12H19NO3. The van der Waals surface area contributed by atoms with E-state index in [0.29, 0.717) is 6.54 Å². The normalized spacial score (nSPS) is 26.6. The van der Waals surface area contributed by atoms with Crippen molar-refractivity contribution < 1.29 is 14.3 Å². The molecule has 0 aromatic carbocycles. The molecule has 1 fully saturated rings. The van der Waals surface area contributed by atoms with Gasteiger partial charge in [-0.25, -0.2) is 0 Å². The van der Waals surface area contributed by atoms with Crippen molar-refractivity contribution in [3.8, 4) is 0 Å². The highest BCUT2D eigenvalue weighted by atomic mass is 16.5. The predicted molar refractivity (Wildman–Crippen MR) is 60.1 cm³/mol. The second-order valence-electron chi connectivity index (χ2n) is 4.28. The van der Waals surface area contributed by atoms with Gasteiger partial charge in [0.1, 0.15) is 6.10 Å². The number of hydrogen-bond donors (Lipinski definition) is 0. The topological polar surface area (TPSA) is 38.8 Å². The van der Waals surface area contributed by atoms with Gasteiger partial charge in [-0.3, -0.25) is 9.69 Å². The Bertz CT molecular complexity index is 259. The molecule has 16 heavy (non-hydrogen) atoms. The molecule has 0 bridgehead atoms. The van der Waals surface area contributed by atoms with Gasteiger partial charge in [0, 0.05) is 13.1 Å². The van der Waals surface area contributed by atoms with Crippen molar-refractivity contribution in [3.63, 3.8) is 0 Å². The standard InChI is InChI=1S/C12H19NO3/c14-12(10-13-6-8-15-9-7-13)16-11-4-2-1-3-5-11/h2,4,11H,1,3,5-10H2. The lowest BCUT2D eigenvalue weighted by atomic mass is 10.1. The minimum absolute atomic E-state index is 0.00212. The van der Waals surface area contributed by atoms with Crippen LogP contribution in [-0.2, 0) is 14.3 Å². The zero-order valence-electron chi connectivity index (χ0n) is 9.56. The molecule has 4 nitrogen and oxygen atoms in total. The van der Waals surface area contributed by atoms with Gasteiger partial charge in [0.25, 0.3) is 0 Å². The maximum atomic E-state index is 11.6. The SMILES string of the molecule is O=C(CN1CCOCC1)OC1C=CCCC1. The van der Waals surface area contributed by atoms with Gasteiger partial charge in [0.05, 0.1) is 19.8 Å². The van der Waals surface area contributed by atoms with Crippen LogP contribution < -0.4 is 0 Å². The minimum atomic E-state index is -0.113. The monoisotopic (exact) mass is 225 g/mol. The van der Waals surface area contributed by atoms with E-state index in [-0.39, 0.29) is 12.1 Å². The van der Waals surface area contributed by atoms with Crippen molar-refractivity contribution in [2.45, 2.75) is 25.4 Å². The highest BCUT2D eigenvalue weighted by molar-refractivity contribution is 5.72. The Morgan fingerprint density at radius 3 is 2.94 bits per heavy atom. The van der Waals surface area contributed by atoms with E-state index in [9.17, 15) is 4.79 Å². The highest BCUT2D eigenvalue weighted by Crippen LogP contribution is 2.13. The van der Waals surface area contributed by atoms with E-state index >= 15 is 0 Å². The maximum Gasteiger partial charge on any atom is 0.320 e. The number of hydrogen-bond acceptors (Lipinski definition) is 4. The molecule has 1 heterocycles. The minimum Gasteiger partial charge on any atom is -0.457 e. The summed E-state index contributed by atoms with van der Waals surface area (Å²) in [7, 11) is 0. The van der Waals surface area contributed by atoms with E-state index in [4.69, 9.17) is 9.47 Å². The molecule has 0 aromatic rings. The van der Waals surface area contributed by atoms with Crippen molar-refractivity contribution in [1.82, 2.24) is 4.90 Å². The van der Waals surface area contributed by atoms with E-state index in [1.165, 1.54) is 0 Å². The van der Waals surface area contributed by atoms with E-state index in [1.54, 1.807) is 0 Å². The van der Waals surface area contributed by atoms with Gasteiger partial charge >= 0.3 is 5.97 Å². The van der Waals surface area contributed by atoms with Crippen molar-refractivity contribution >= 4 is 5.97 Å². The number of carbonyl (C=O) groups is 1. The summed E-state index contributed by atoms with van der Waals surface area (Å²) in [6, 6.07) is 0. The summed E-state index contributed by atoms with van der Waals surface area (Å²) in [5, 5.41) is 0. The van der Waals surface area contributed by atoms with Crippen LogP contribution >= 0.6 is 0 Å². The van der Waals surface area contributed by atoms with Crippen LogP contribution in [0.1, 0.15) is 19.3 Å². The number of rotatable bonds is 3. The number of carbonyl (C=O) groups excluding carboxylic acids is 1. The average Bonchev–Trinajstić information content (AvgIpc) is 2.31. The van der Waals surface area contributed by atoms with Crippen molar-refractivity contribution in [1.29, 1.82) is 0 Å². The van der Waals surface area contributed by atoms with Crippen molar-refractivity contribution in [2.24, 2.45) is 0 Å². The molecule has 4 heteroatoms. The lowest BCUT2D eigenvalue weighted by Crippen LogP contribution is -2.40. The molecule has 90 valence electrons. The van der Waals surface area contributed by atoms with Crippen LogP contribution in [-0.4, -0.2) is 49.8 Å². The molecule has 0 N–H and O–H groups in total. The van der Waals surface area contributed by atoms with Crippen LogP contribution in [0.5, 0.6) is 0 Å². The Morgan fingerprint density at radius 2 is 2.25 bits per heavy atom. The summed E-state index contributed by atoms with van der Waals surface area (Å²) >= 11 is 0. The first kappa shape index (κ1) is 11.6.